The first-order valence-electron chi connectivity index (χ1n) is 49.2. The van der Waals surface area contributed by atoms with Crippen LogP contribution in [-0.2, 0) is 33.2 Å². The molecule has 3 aliphatic heterocycles. The van der Waals surface area contributed by atoms with Gasteiger partial charge in [-0.05, 0) is 44.9 Å². The van der Waals surface area contributed by atoms with Crippen LogP contribution in [0.5, 0.6) is 0 Å². The first-order valence-corrected chi connectivity index (χ1v) is 49.2. The van der Waals surface area contributed by atoms with E-state index in [0.29, 0.717) is 12.8 Å². The van der Waals surface area contributed by atoms with Crippen LogP contribution < -0.4 is 5.32 Å². The largest absolute Gasteiger partial charge is 0.394 e. The lowest BCUT2D eigenvalue weighted by Gasteiger charge is -2.48. The molecule has 17 atom stereocenters. The number of nitrogens with one attached hydrogen (secondary N) is 1. The van der Waals surface area contributed by atoms with E-state index in [0.717, 1.165) is 44.9 Å². The topological polar surface area (TPSA) is 307 Å². The maximum atomic E-state index is 13.5. The summed E-state index contributed by atoms with van der Waals surface area (Å²) in [6, 6.07) is -0.998. The molecule has 0 bridgehead atoms. The molecule has 3 aliphatic rings. The van der Waals surface area contributed by atoms with Gasteiger partial charge in [-0.25, -0.2) is 0 Å². The Morgan fingerprint density at radius 3 is 0.862 bits per heavy atom. The second-order valence-electron chi connectivity index (χ2n) is 35.2. The average molecular weight is 1650 g/mol. The highest BCUT2D eigenvalue weighted by Crippen LogP contribution is 2.34. The van der Waals surface area contributed by atoms with Crippen molar-refractivity contribution in [3.63, 3.8) is 0 Å². The summed E-state index contributed by atoms with van der Waals surface area (Å²) in [6.07, 6.45) is 73.5. The summed E-state index contributed by atoms with van der Waals surface area (Å²) in [5.41, 5.74) is 0. The molecule has 19 nitrogen and oxygen atoms in total. The quantitative estimate of drug-likeness (QED) is 0.0199. The zero-order chi connectivity index (χ0) is 83.8. The maximum Gasteiger partial charge on any atom is 0.220 e. The van der Waals surface area contributed by atoms with Gasteiger partial charge in [-0.3, -0.25) is 4.79 Å². The van der Waals surface area contributed by atoms with Crippen molar-refractivity contribution in [2.75, 3.05) is 26.4 Å². The molecule has 17 unspecified atom stereocenters. The van der Waals surface area contributed by atoms with Crippen LogP contribution in [0.15, 0.2) is 36.5 Å². The molecule has 3 fully saturated rings. The van der Waals surface area contributed by atoms with Crippen molar-refractivity contribution >= 4 is 5.91 Å². The van der Waals surface area contributed by atoms with Gasteiger partial charge in [0, 0.05) is 6.42 Å². The van der Waals surface area contributed by atoms with E-state index < -0.39 is 124 Å². The third kappa shape index (κ3) is 53.9. The predicted octanol–water partition coefficient (Wildman–Crippen LogP) is 20.1. The highest BCUT2D eigenvalue weighted by molar-refractivity contribution is 5.76. The SMILES string of the molecule is CCCCCCCCCCCCCCCCCCCCCCCCC/C=C/CC/C=C/CC/C=C/C(O)C(COC1OC(CO)C(OC2OC(CO)C(OC3OC(CO)C(O)C(O)C3O)C(O)C2O)C(O)C1O)NC(=O)CCCCCCCCCCCCCCCCCCCCCCCCCCCCCCCCCCCCCCCC. The Balaban J connectivity index is 1.30. The molecule has 0 saturated carbocycles. The van der Waals surface area contributed by atoms with Crippen molar-refractivity contribution in [2.45, 2.75) is 548 Å². The summed E-state index contributed by atoms with van der Waals surface area (Å²) in [5.74, 6) is -0.280. The van der Waals surface area contributed by atoms with E-state index in [1.807, 2.05) is 6.08 Å². The van der Waals surface area contributed by atoms with Gasteiger partial charge in [0.15, 0.2) is 18.9 Å². The van der Waals surface area contributed by atoms with E-state index in [9.17, 15) is 61.0 Å². The zero-order valence-electron chi connectivity index (χ0n) is 74.3. The van der Waals surface area contributed by atoms with Gasteiger partial charge in [-0.2, -0.15) is 0 Å². The van der Waals surface area contributed by atoms with Crippen molar-refractivity contribution in [3.05, 3.63) is 36.5 Å². The molecule has 0 spiro atoms. The van der Waals surface area contributed by atoms with Crippen LogP contribution in [0.25, 0.3) is 0 Å². The molecule has 684 valence electrons. The van der Waals surface area contributed by atoms with Gasteiger partial charge in [0.1, 0.15) is 73.2 Å². The lowest BCUT2D eigenvalue weighted by Crippen LogP contribution is -2.66. The minimum atomic E-state index is -1.98. The second kappa shape index (κ2) is 76.6. The molecule has 0 aromatic rings. The van der Waals surface area contributed by atoms with E-state index in [4.69, 9.17) is 28.4 Å². The molecule has 3 saturated heterocycles. The smallest absolute Gasteiger partial charge is 0.220 e. The fourth-order valence-electron chi connectivity index (χ4n) is 16.9. The van der Waals surface area contributed by atoms with E-state index in [2.05, 4.69) is 43.5 Å². The van der Waals surface area contributed by atoms with Crippen molar-refractivity contribution in [3.8, 4) is 0 Å². The molecule has 12 N–H and O–H groups in total. The molecule has 19 heteroatoms. The fourth-order valence-corrected chi connectivity index (χ4v) is 16.9. The molecule has 116 heavy (non-hydrogen) atoms. The van der Waals surface area contributed by atoms with Crippen molar-refractivity contribution in [2.24, 2.45) is 0 Å². The second-order valence-corrected chi connectivity index (χ2v) is 35.2. The summed E-state index contributed by atoms with van der Waals surface area (Å²) in [5, 5.41) is 121. The Hall–Kier alpha value is -1.99. The Bertz CT molecular complexity index is 2230. The number of carbonyl (C=O) groups is 1. The van der Waals surface area contributed by atoms with Crippen molar-refractivity contribution in [1.29, 1.82) is 0 Å². The molecule has 0 radical (unpaired) electrons. The van der Waals surface area contributed by atoms with Gasteiger partial charge in [0.2, 0.25) is 5.91 Å². The normalized spacial score (nSPS) is 24.6. The van der Waals surface area contributed by atoms with Gasteiger partial charge in [0.25, 0.3) is 0 Å². The number of hydrogen-bond acceptors (Lipinski definition) is 18. The number of unbranched alkanes of at least 4 members (excludes halogenated alkanes) is 62. The van der Waals surface area contributed by atoms with Gasteiger partial charge >= 0.3 is 0 Å². The summed E-state index contributed by atoms with van der Waals surface area (Å²) in [6.45, 7) is 1.79. The van der Waals surface area contributed by atoms with E-state index in [1.54, 1.807) is 6.08 Å². The lowest BCUT2D eigenvalue weighted by atomic mass is 9.96. The number of aliphatic hydroxyl groups is 11. The van der Waals surface area contributed by atoms with Crippen LogP contribution in [0, 0.1) is 0 Å². The number of hydrogen-bond donors (Lipinski definition) is 12. The van der Waals surface area contributed by atoms with Crippen LogP contribution in [0.3, 0.4) is 0 Å². The van der Waals surface area contributed by atoms with Crippen LogP contribution in [0.2, 0.25) is 0 Å². The third-order valence-electron chi connectivity index (χ3n) is 24.7. The van der Waals surface area contributed by atoms with E-state index >= 15 is 0 Å². The Morgan fingerprint density at radius 1 is 0.302 bits per heavy atom. The summed E-state index contributed by atoms with van der Waals surface area (Å²) < 4.78 is 34.5. The zero-order valence-corrected chi connectivity index (χ0v) is 74.3. The molecule has 3 heterocycles. The van der Waals surface area contributed by atoms with Crippen molar-refractivity contribution < 1.29 is 89.4 Å². The maximum absolute atomic E-state index is 13.5. The third-order valence-corrected chi connectivity index (χ3v) is 24.7. The number of allylic oxidation sites excluding steroid dienone is 5. The van der Waals surface area contributed by atoms with Gasteiger partial charge in [-0.1, -0.05) is 429 Å². The first kappa shape index (κ1) is 108. The minimum absolute atomic E-state index is 0.237. The number of carbonyl (C=O) groups excluding carboxylic acids is 1. The Labute approximate surface area is 708 Å². The number of rotatable bonds is 82. The van der Waals surface area contributed by atoms with Crippen molar-refractivity contribution in [1.82, 2.24) is 5.32 Å². The summed E-state index contributed by atoms with van der Waals surface area (Å²) in [4.78, 5) is 13.5. The van der Waals surface area contributed by atoms with Gasteiger partial charge < -0.3 is 89.9 Å². The molecule has 0 aromatic carbocycles. The monoisotopic (exact) mass is 1650 g/mol. The summed E-state index contributed by atoms with van der Waals surface area (Å²) in [7, 11) is 0. The Morgan fingerprint density at radius 2 is 0.552 bits per heavy atom. The average Bonchev–Trinajstić information content (AvgIpc) is 0.779. The molecule has 0 aliphatic carbocycles. The summed E-state index contributed by atoms with van der Waals surface area (Å²) >= 11 is 0. The van der Waals surface area contributed by atoms with Gasteiger partial charge in [0.05, 0.1) is 38.6 Å². The number of aliphatic hydroxyl groups excluding tert-OH is 11. The predicted molar refractivity (Wildman–Crippen MR) is 471 cm³/mol. The molecule has 1 amide bonds. The number of amides is 1. The van der Waals surface area contributed by atoms with Crippen LogP contribution >= 0.6 is 0 Å². The Kier molecular flexibility index (Phi) is 71.5. The number of ether oxygens (including phenoxy) is 6. The first-order chi connectivity index (χ1) is 56.8. The van der Waals surface area contributed by atoms with Crippen LogP contribution in [-0.4, -0.2) is 193 Å². The molecule has 0 aromatic heterocycles. The van der Waals surface area contributed by atoms with Gasteiger partial charge in [-0.15, -0.1) is 0 Å². The highest BCUT2D eigenvalue weighted by atomic mass is 16.8. The van der Waals surface area contributed by atoms with E-state index in [-0.39, 0.29) is 18.9 Å². The highest BCUT2D eigenvalue weighted by Gasteiger charge is 2.54. The van der Waals surface area contributed by atoms with Crippen LogP contribution in [0.4, 0.5) is 0 Å². The van der Waals surface area contributed by atoms with Crippen LogP contribution in [0.1, 0.15) is 444 Å². The standard InChI is InChI=1S/C97H183NO18/c1-3-5-7-9-11-13-15-17-19-21-23-25-27-29-31-33-35-37-38-39-40-41-43-45-47-49-51-53-55-57-59-61-63-65-67-69-71-73-75-85(103)98-80(81(102)74-72-70-68-66-64-62-60-58-56-54-52-50-48-46-44-42-36-34-32-30-28-26-24-22-20-18-16-14-12-10-8-6-4-2)79-111-95-91(109)88(106)93(83(77-100)113-95)116-97-92(110)89(107)94(84(78-101)114-97)115-96-90(108)87(105)86(104)82(76-99)112-96/h56,58,64,66,72,74,80-84,86-97,99-102,104-110H,3-55,57,59-63,65,67-71,73,75-79H2,1-2H3,(H,98,103)/b58-56+,66-64+,74-72+. The molecule has 3 rings (SSSR count). The fraction of sp³-hybridized carbons (Fsp3) is 0.928. The minimum Gasteiger partial charge on any atom is -0.394 e. The molecular formula is C97H183NO18. The van der Waals surface area contributed by atoms with E-state index in [1.165, 1.54) is 366 Å². The lowest BCUT2D eigenvalue weighted by molar-refractivity contribution is -0.379. The molecular weight excluding hydrogens is 1470 g/mol.